The molecular weight excluding hydrogens is 580 g/mol. The summed E-state index contributed by atoms with van der Waals surface area (Å²) in [6.07, 6.45) is 5.06. The Morgan fingerprint density at radius 2 is 1.78 bits per heavy atom. The van der Waals surface area contributed by atoms with Crippen LogP contribution in [0.3, 0.4) is 0 Å². The first-order chi connectivity index (χ1) is 21.9. The summed E-state index contributed by atoms with van der Waals surface area (Å²) < 4.78 is 24.5. The molecule has 2 saturated heterocycles. The number of carbonyl (C=O) groups excluding carboxylic acids is 3. The van der Waals surface area contributed by atoms with Gasteiger partial charge in [-0.1, -0.05) is 42.5 Å². The summed E-state index contributed by atoms with van der Waals surface area (Å²) in [6.45, 7) is 0.335. The normalized spacial score (nSPS) is 24.8. The minimum absolute atomic E-state index is 0.0945. The first-order valence-electron chi connectivity index (χ1n) is 15.4. The van der Waals surface area contributed by atoms with Gasteiger partial charge in [0.25, 0.3) is 0 Å². The standard InChI is InChI=1S/C34H38N2O9/c37-14-12-35-31(39)27-10-5-13-36(27)32(40)25-18-28(43-33(41)26-9-4-3-6-22(26)11-16-42-17-15-38)30-29(19-25)44-34(45-30)20-23-7-1-2-8-24(23)21-34/h1-4,6-9,11,16,19,27-30,37-38H,5,10,12-15,17-18,20-21H2,(H,35,39)/t27-,28-,29-,30+/m1/s1. The number of benzene rings is 2. The SMILES string of the molecule is O=C(O[C@@H]1CC(C(=O)N2CCC[C@@H]2C(=O)NCCO)=C[C@H]2OC3(Cc4ccccc4C3)O[C@H]21)c1ccccc1C=COCCO. The van der Waals surface area contributed by atoms with Gasteiger partial charge in [0.1, 0.15) is 31.0 Å². The summed E-state index contributed by atoms with van der Waals surface area (Å²) in [5.41, 5.74) is 3.53. The fraction of sp³-hybridized carbons (Fsp3) is 0.441. The van der Waals surface area contributed by atoms with Gasteiger partial charge >= 0.3 is 5.97 Å². The number of aliphatic hydroxyl groups excluding tert-OH is 2. The molecule has 238 valence electrons. The summed E-state index contributed by atoms with van der Waals surface area (Å²) in [7, 11) is 0. The average molecular weight is 619 g/mol. The van der Waals surface area contributed by atoms with Gasteiger partial charge in [0, 0.05) is 37.9 Å². The fourth-order valence-corrected chi connectivity index (χ4v) is 6.69. The van der Waals surface area contributed by atoms with Crippen LogP contribution in [0.1, 0.15) is 46.3 Å². The quantitative estimate of drug-likeness (QED) is 0.207. The number of esters is 1. The predicted molar refractivity (Wildman–Crippen MR) is 162 cm³/mol. The van der Waals surface area contributed by atoms with Crippen molar-refractivity contribution in [1.29, 1.82) is 0 Å². The van der Waals surface area contributed by atoms with Gasteiger partial charge in [-0.25, -0.2) is 4.79 Å². The average Bonchev–Trinajstić information content (AvgIpc) is 3.77. The predicted octanol–water partition coefficient (Wildman–Crippen LogP) is 1.90. The smallest absolute Gasteiger partial charge is 0.339 e. The van der Waals surface area contributed by atoms with E-state index in [1.54, 1.807) is 41.3 Å². The van der Waals surface area contributed by atoms with E-state index in [2.05, 4.69) is 5.32 Å². The molecule has 2 fully saturated rings. The maximum Gasteiger partial charge on any atom is 0.339 e. The van der Waals surface area contributed by atoms with Gasteiger partial charge < -0.3 is 39.4 Å². The molecule has 11 nitrogen and oxygen atoms in total. The molecule has 0 bridgehead atoms. The third-order valence-electron chi connectivity index (χ3n) is 8.71. The zero-order valence-electron chi connectivity index (χ0n) is 24.9. The second-order valence-electron chi connectivity index (χ2n) is 11.7. The van der Waals surface area contributed by atoms with Gasteiger partial charge in [-0.05, 0) is 47.8 Å². The maximum atomic E-state index is 13.9. The van der Waals surface area contributed by atoms with Gasteiger partial charge in [-0.15, -0.1) is 0 Å². The van der Waals surface area contributed by atoms with Crippen molar-refractivity contribution in [2.75, 3.05) is 32.9 Å². The molecule has 45 heavy (non-hydrogen) atoms. The van der Waals surface area contributed by atoms with Crippen molar-refractivity contribution >= 4 is 23.9 Å². The number of amides is 2. The lowest BCUT2D eigenvalue weighted by molar-refractivity contribution is -0.172. The van der Waals surface area contributed by atoms with Crippen molar-refractivity contribution in [3.05, 3.63) is 88.7 Å². The molecule has 2 heterocycles. The van der Waals surface area contributed by atoms with Gasteiger partial charge in [-0.3, -0.25) is 9.59 Å². The molecule has 0 radical (unpaired) electrons. The van der Waals surface area contributed by atoms with Crippen molar-refractivity contribution in [3.63, 3.8) is 0 Å². The number of hydrogen-bond donors (Lipinski definition) is 3. The lowest BCUT2D eigenvalue weighted by atomic mass is 9.91. The van der Waals surface area contributed by atoms with Crippen molar-refractivity contribution < 1.29 is 43.5 Å². The third kappa shape index (κ3) is 6.53. The molecule has 2 aromatic rings. The summed E-state index contributed by atoms with van der Waals surface area (Å²) in [6, 6.07) is 14.3. The molecule has 0 aromatic heterocycles. The van der Waals surface area contributed by atoms with Crippen molar-refractivity contribution in [3.8, 4) is 0 Å². The molecule has 2 amide bonds. The molecule has 1 spiro atoms. The molecule has 2 aliphatic heterocycles. The topological polar surface area (TPSA) is 144 Å². The van der Waals surface area contributed by atoms with Gasteiger partial charge in [-0.2, -0.15) is 0 Å². The second-order valence-corrected chi connectivity index (χ2v) is 11.7. The van der Waals surface area contributed by atoms with Crippen LogP contribution in [0.25, 0.3) is 6.08 Å². The zero-order chi connectivity index (χ0) is 31.4. The van der Waals surface area contributed by atoms with Gasteiger partial charge in [0.2, 0.25) is 11.8 Å². The number of rotatable bonds is 10. The molecule has 3 N–H and O–H groups in total. The van der Waals surface area contributed by atoms with E-state index in [0.717, 1.165) is 11.1 Å². The van der Waals surface area contributed by atoms with E-state index in [0.29, 0.717) is 48.9 Å². The molecule has 0 unspecified atom stereocenters. The van der Waals surface area contributed by atoms with Crippen LogP contribution < -0.4 is 5.32 Å². The van der Waals surface area contributed by atoms with Gasteiger partial charge in [0.05, 0.1) is 25.0 Å². The van der Waals surface area contributed by atoms with Crippen molar-refractivity contribution in [1.82, 2.24) is 10.2 Å². The van der Waals surface area contributed by atoms with Crippen LogP contribution in [0.5, 0.6) is 0 Å². The molecular formula is C34H38N2O9. The fourth-order valence-electron chi connectivity index (χ4n) is 6.69. The summed E-state index contributed by atoms with van der Waals surface area (Å²) in [4.78, 5) is 42.0. The Bertz CT molecular complexity index is 1460. The number of hydrogen-bond acceptors (Lipinski definition) is 9. The number of ether oxygens (including phenoxy) is 4. The highest BCUT2D eigenvalue weighted by atomic mass is 16.8. The first-order valence-corrected chi connectivity index (χ1v) is 15.4. The Kier molecular flexibility index (Phi) is 9.32. The molecule has 0 saturated carbocycles. The highest BCUT2D eigenvalue weighted by molar-refractivity contribution is 5.98. The number of nitrogens with zero attached hydrogens (tertiary/aromatic N) is 1. The maximum absolute atomic E-state index is 13.9. The van der Waals surface area contributed by atoms with Crippen LogP contribution in [0.2, 0.25) is 0 Å². The Morgan fingerprint density at radius 1 is 1.02 bits per heavy atom. The van der Waals surface area contributed by atoms with Gasteiger partial charge in [0.15, 0.2) is 5.79 Å². The van der Waals surface area contributed by atoms with E-state index >= 15 is 0 Å². The molecule has 2 aliphatic carbocycles. The van der Waals surface area contributed by atoms with Crippen LogP contribution in [-0.4, -0.2) is 95.9 Å². The first kappa shape index (κ1) is 31.0. The van der Waals surface area contributed by atoms with Crippen LogP contribution >= 0.6 is 0 Å². The number of carbonyl (C=O) groups is 3. The molecule has 4 aliphatic rings. The number of likely N-dealkylation sites (tertiary alicyclic amines) is 1. The lowest BCUT2D eigenvalue weighted by Crippen LogP contribution is -2.49. The largest absolute Gasteiger partial charge is 0.499 e. The van der Waals surface area contributed by atoms with Crippen LogP contribution in [0.15, 0.2) is 66.4 Å². The van der Waals surface area contributed by atoms with E-state index in [1.807, 2.05) is 24.3 Å². The zero-order valence-corrected chi connectivity index (χ0v) is 24.9. The van der Waals surface area contributed by atoms with Crippen LogP contribution in [0.4, 0.5) is 0 Å². The van der Waals surface area contributed by atoms with E-state index in [9.17, 15) is 14.4 Å². The number of fused-ring (bicyclic) bond motifs is 2. The van der Waals surface area contributed by atoms with E-state index in [-0.39, 0.29) is 44.6 Å². The molecule has 6 rings (SSSR count). The number of aliphatic hydroxyl groups is 2. The second kappa shape index (κ2) is 13.5. The minimum atomic E-state index is -0.941. The third-order valence-corrected chi connectivity index (χ3v) is 8.71. The minimum Gasteiger partial charge on any atom is -0.499 e. The summed E-state index contributed by atoms with van der Waals surface area (Å²) in [5, 5.41) is 20.8. The monoisotopic (exact) mass is 618 g/mol. The Labute approximate surface area is 261 Å². The Balaban J connectivity index is 1.26. The Morgan fingerprint density at radius 3 is 2.53 bits per heavy atom. The lowest BCUT2D eigenvalue weighted by Gasteiger charge is -2.32. The van der Waals surface area contributed by atoms with E-state index in [1.165, 1.54) is 6.26 Å². The molecule has 2 aromatic carbocycles. The Hall–Kier alpha value is -4.03. The highest BCUT2D eigenvalue weighted by Gasteiger charge is 2.55. The van der Waals surface area contributed by atoms with E-state index < -0.39 is 36.1 Å². The molecule has 11 heteroatoms. The van der Waals surface area contributed by atoms with Crippen LogP contribution in [-0.2, 0) is 41.4 Å². The van der Waals surface area contributed by atoms with Crippen molar-refractivity contribution in [2.24, 2.45) is 0 Å². The van der Waals surface area contributed by atoms with Crippen molar-refractivity contribution in [2.45, 2.75) is 62.2 Å². The van der Waals surface area contributed by atoms with E-state index in [4.69, 9.17) is 29.2 Å². The number of nitrogens with one attached hydrogen (secondary N) is 1. The molecule has 4 atom stereocenters. The summed E-state index contributed by atoms with van der Waals surface area (Å²) >= 11 is 0. The summed E-state index contributed by atoms with van der Waals surface area (Å²) in [5.74, 6) is -2.14. The highest BCUT2D eigenvalue weighted by Crippen LogP contribution is 2.45. The van der Waals surface area contributed by atoms with Crippen LogP contribution in [0, 0.1) is 0 Å².